The number of ketones is 1. The second kappa shape index (κ2) is 9.43. The second-order valence-corrected chi connectivity index (χ2v) is 5.80. The number of benzene rings is 1. The standard InChI is InChI=1S/C18H14ClN2O4.Na.H2O/c1-3-25-17-13(19)6-4-11-15(17)21(8-9-22)18-12(16(11)24)5-7-14(20-18)10(2)23;;/h4-7H,3,8H2,1-2H3;;1H2/q-1;+1;/p-1. The van der Waals surface area contributed by atoms with Crippen LogP contribution in [0.2, 0.25) is 5.02 Å². The van der Waals surface area contributed by atoms with Gasteiger partial charge in [0.2, 0.25) is 0 Å². The molecule has 0 aliphatic rings. The van der Waals surface area contributed by atoms with Gasteiger partial charge in [-0.2, -0.15) is 0 Å². The number of carbonyl (C=O) groups excluding carboxylic acids is 2. The van der Waals surface area contributed by atoms with Gasteiger partial charge in [-0.25, -0.2) is 11.3 Å². The molecule has 2 heterocycles. The summed E-state index contributed by atoms with van der Waals surface area (Å²) >= 11 is 6.23. The van der Waals surface area contributed by atoms with Gasteiger partial charge in [-0.1, -0.05) is 18.1 Å². The zero-order valence-electron chi connectivity index (χ0n) is 15.1. The summed E-state index contributed by atoms with van der Waals surface area (Å²) in [6.45, 7) is 3.32. The normalized spacial score (nSPS) is 10.2. The Morgan fingerprint density at radius 2 is 1.93 bits per heavy atom. The Bertz CT molecular complexity index is 1080. The molecule has 0 amide bonds. The average molecular weight is 398 g/mol. The maximum atomic E-state index is 12.9. The Labute approximate surface area is 181 Å². The Morgan fingerprint density at radius 3 is 2.52 bits per heavy atom. The molecular weight excluding hydrogens is 383 g/mol. The van der Waals surface area contributed by atoms with Crippen molar-refractivity contribution in [3.05, 3.63) is 45.2 Å². The van der Waals surface area contributed by atoms with Gasteiger partial charge in [0.15, 0.2) is 17.0 Å². The van der Waals surface area contributed by atoms with E-state index in [1.807, 2.05) is 6.29 Å². The van der Waals surface area contributed by atoms with Crippen LogP contribution < -0.4 is 39.7 Å². The number of pyridine rings is 2. The third-order valence-electron chi connectivity index (χ3n) is 3.85. The third kappa shape index (κ3) is 4.07. The van der Waals surface area contributed by atoms with Crippen molar-refractivity contribution in [3.8, 4) is 5.75 Å². The van der Waals surface area contributed by atoms with Crippen LogP contribution in [-0.4, -0.2) is 33.7 Å². The number of Topliss-reactive ketones (excluding diaryl/α,β-unsaturated/α-hetero) is 1. The van der Waals surface area contributed by atoms with Gasteiger partial charge >= 0.3 is 29.6 Å². The molecule has 0 unspecified atom stereocenters. The van der Waals surface area contributed by atoms with Crippen LogP contribution in [0.1, 0.15) is 24.3 Å². The van der Waals surface area contributed by atoms with E-state index >= 15 is 0 Å². The Balaban J connectivity index is 0.00000182. The summed E-state index contributed by atoms with van der Waals surface area (Å²) in [5.41, 5.74) is 0.512. The number of rotatable bonds is 5. The van der Waals surface area contributed by atoms with Gasteiger partial charge in [-0.3, -0.25) is 9.59 Å². The summed E-state index contributed by atoms with van der Waals surface area (Å²) in [6, 6.07) is 6.19. The molecule has 7 nitrogen and oxygen atoms in total. The summed E-state index contributed by atoms with van der Waals surface area (Å²) in [6.07, 6.45) is 1.81. The first kappa shape index (κ1) is 23.3. The Morgan fingerprint density at radius 1 is 1.26 bits per heavy atom. The maximum absolute atomic E-state index is 12.9. The first-order chi connectivity index (χ1) is 12.0. The van der Waals surface area contributed by atoms with E-state index in [9.17, 15) is 14.4 Å². The molecule has 1 N–H and O–H groups in total. The van der Waals surface area contributed by atoms with Crippen molar-refractivity contribution in [1.29, 1.82) is 0 Å². The quantitative estimate of drug-likeness (QED) is 0.254. The molecule has 0 saturated carbocycles. The van der Waals surface area contributed by atoms with Crippen LogP contribution in [-0.2, 0) is 11.3 Å². The summed E-state index contributed by atoms with van der Waals surface area (Å²) in [4.78, 5) is 39.9. The first-order valence-corrected chi connectivity index (χ1v) is 8.01. The van der Waals surface area contributed by atoms with Crippen molar-refractivity contribution in [2.45, 2.75) is 20.4 Å². The van der Waals surface area contributed by atoms with Gasteiger partial charge < -0.3 is 19.6 Å². The van der Waals surface area contributed by atoms with Gasteiger partial charge in [-0.05, 0) is 31.2 Å². The minimum absolute atomic E-state index is 0. The Hall–Kier alpha value is -1.77. The fourth-order valence-electron chi connectivity index (χ4n) is 2.78. The smallest absolute Gasteiger partial charge is 0.870 e. The van der Waals surface area contributed by atoms with Crippen LogP contribution in [0.4, 0.5) is 0 Å². The molecule has 0 radical (unpaired) electrons. The van der Waals surface area contributed by atoms with Crippen molar-refractivity contribution in [1.82, 2.24) is 9.55 Å². The molecule has 0 spiro atoms. The average Bonchev–Trinajstić information content (AvgIpc) is 2.60. The molecular formula is C18H15ClN2NaO5-. The van der Waals surface area contributed by atoms with Crippen LogP contribution in [0, 0.1) is 0 Å². The minimum Gasteiger partial charge on any atom is -0.870 e. The molecule has 0 saturated heterocycles. The van der Waals surface area contributed by atoms with E-state index in [1.165, 1.54) is 23.6 Å². The molecule has 27 heavy (non-hydrogen) atoms. The van der Waals surface area contributed by atoms with Gasteiger partial charge in [0.25, 0.3) is 0 Å². The SMILES string of the molecule is CCOc1c(Cl)ccc2c(=O)c3ccc(C(C)=O)nc3n(C[C-]=O)c12.[Na+].[OH-]. The Kier molecular flexibility index (Phi) is 8.13. The third-order valence-corrected chi connectivity index (χ3v) is 4.14. The number of carbonyl (C=O) groups is 1. The zero-order valence-corrected chi connectivity index (χ0v) is 17.8. The summed E-state index contributed by atoms with van der Waals surface area (Å²) in [7, 11) is 0. The zero-order chi connectivity index (χ0) is 18.1. The number of fused-ring (bicyclic) bond motifs is 2. The number of nitrogens with zero attached hydrogens (tertiary/aromatic N) is 2. The van der Waals surface area contributed by atoms with Gasteiger partial charge in [0.1, 0.15) is 11.3 Å². The van der Waals surface area contributed by atoms with Crippen LogP contribution in [0.3, 0.4) is 0 Å². The molecule has 3 rings (SSSR count). The molecule has 3 aromatic rings. The first-order valence-electron chi connectivity index (χ1n) is 7.64. The molecule has 0 fully saturated rings. The fourth-order valence-corrected chi connectivity index (χ4v) is 2.98. The van der Waals surface area contributed by atoms with E-state index in [0.29, 0.717) is 33.7 Å². The number of aromatic nitrogens is 2. The minimum atomic E-state index is -0.271. The van der Waals surface area contributed by atoms with Crippen molar-refractivity contribution in [2.75, 3.05) is 6.61 Å². The molecule has 0 aliphatic carbocycles. The van der Waals surface area contributed by atoms with E-state index in [2.05, 4.69) is 4.98 Å². The van der Waals surface area contributed by atoms with E-state index < -0.39 is 0 Å². The van der Waals surface area contributed by atoms with Crippen molar-refractivity contribution >= 4 is 45.6 Å². The molecule has 0 aliphatic heterocycles. The predicted molar refractivity (Wildman–Crippen MR) is 97.3 cm³/mol. The largest absolute Gasteiger partial charge is 1.00 e. The van der Waals surface area contributed by atoms with E-state index in [-0.39, 0.29) is 64.1 Å². The van der Waals surface area contributed by atoms with E-state index in [0.717, 1.165) is 0 Å². The molecule has 2 aromatic heterocycles. The second-order valence-electron chi connectivity index (χ2n) is 5.39. The fraction of sp³-hybridized carbons (Fsp3) is 0.222. The van der Waals surface area contributed by atoms with Gasteiger partial charge in [0, 0.05) is 6.92 Å². The number of hydrogen-bond donors (Lipinski definition) is 0. The van der Waals surface area contributed by atoms with Crippen LogP contribution in [0.25, 0.3) is 21.9 Å². The van der Waals surface area contributed by atoms with Crippen molar-refractivity contribution < 1.29 is 49.4 Å². The van der Waals surface area contributed by atoms with Crippen LogP contribution >= 0.6 is 11.6 Å². The summed E-state index contributed by atoms with van der Waals surface area (Å²) < 4.78 is 7.10. The number of ether oxygens (including phenoxy) is 1. The topological polar surface area (TPSA) is 108 Å². The van der Waals surface area contributed by atoms with Crippen LogP contribution in [0.15, 0.2) is 29.1 Å². The predicted octanol–water partition coefficient (Wildman–Crippen LogP) is -0.259. The molecule has 136 valence electrons. The summed E-state index contributed by atoms with van der Waals surface area (Å²) in [5.74, 6) is 0.0538. The maximum Gasteiger partial charge on any atom is 1.00 e. The van der Waals surface area contributed by atoms with Gasteiger partial charge in [-0.15, -0.1) is 0 Å². The van der Waals surface area contributed by atoms with Crippen molar-refractivity contribution in [2.24, 2.45) is 0 Å². The monoisotopic (exact) mass is 397 g/mol. The van der Waals surface area contributed by atoms with Crippen molar-refractivity contribution in [3.63, 3.8) is 0 Å². The summed E-state index contributed by atoms with van der Waals surface area (Å²) in [5, 5.41) is 0.973. The van der Waals surface area contributed by atoms with E-state index in [1.54, 1.807) is 19.1 Å². The molecule has 0 atom stereocenters. The molecule has 0 bridgehead atoms. The number of halogens is 1. The van der Waals surface area contributed by atoms with Gasteiger partial charge in [0.05, 0.1) is 27.9 Å². The number of hydrogen-bond acceptors (Lipinski definition) is 6. The van der Waals surface area contributed by atoms with Crippen LogP contribution in [0.5, 0.6) is 5.75 Å². The molecule has 1 aromatic carbocycles. The molecule has 9 heteroatoms. The van der Waals surface area contributed by atoms with E-state index in [4.69, 9.17) is 16.3 Å².